The first-order valence-corrected chi connectivity index (χ1v) is 16.7. The van der Waals surface area contributed by atoms with Crippen molar-refractivity contribution in [2.45, 2.75) is 63.6 Å². The van der Waals surface area contributed by atoms with Crippen LogP contribution in [0.25, 0.3) is 0 Å². The summed E-state index contributed by atoms with van der Waals surface area (Å²) in [6.45, 7) is 4.63. The van der Waals surface area contributed by atoms with E-state index in [2.05, 4.69) is 16.1 Å². The summed E-state index contributed by atoms with van der Waals surface area (Å²) in [6, 6.07) is 10.8. The molecule has 0 N–H and O–H groups in total. The molecule has 286 valence electrons. The highest BCUT2D eigenvalue weighted by atomic mass is 19.3. The van der Waals surface area contributed by atoms with Gasteiger partial charge in [0.1, 0.15) is 23.0 Å². The maximum absolute atomic E-state index is 14.5. The van der Waals surface area contributed by atoms with E-state index in [0.717, 1.165) is 75.6 Å². The zero-order valence-electron chi connectivity index (χ0n) is 28.3. The van der Waals surface area contributed by atoms with Crippen molar-refractivity contribution < 1.29 is 62.9 Å². The minimum absolute atomic E-state index is 0.315. The Bertz CT molecular complexity index is 1610. The van der Waals surface area contributed by atoms with Crippen LogP contribution < -0.4 is 18.9 Å². The Kier molecular flexibility index (Phi) is 14.5. The number of hydrogen-bond acceptors (Lipinski definition) is 4. The van der Waals surface area contributed by atoms with Crippen molar-refractivity contribution in [3.8, 4) is 23.0 Å². The van der Waals surface area contributed by atoms with Crippen molar-refractivity contribution >= 4 is 0 Å². The topological polar surface area (TPSA) is 36.9 Å². The summed E-state index contributed by atoms with van der Waals surface area (Å²) in [7, 11) is 0. The average Bonchev–Trinajstić information content (AvgIpc) is 3.11. The molecule has 4 aromatic carbocycles. The fourth-order valence-electron chi connectivity index (χ4n) is 5.22. The Labute approximate surface area is 299 Å². The minimum atomic E-state index is -3.94. The predicted octanol–water partition coefficient (Wildman–Crippen LogP) is 12.2. The standard InChI is InChI=1S/C39H36F10O4/c1-2-25(9-5-3-7-19-50-28-15-11-26(12-16-28)38(46,47)52-30-21-32(40)36(44)33(41)22-30)10-6-4-8-20-51-29-17-13-27(14-18-29)39(48,49)53-31-23-34(42)37(45)35(43)24-31/h2,11-18,21-25H,1,3-10,19-20H2. The molecule has 0 saturated heterocycles. The third kappa shape index (κ3) is 12.1. The highest BCUT2D eigenvalue weighted by molar-refractivity contribution is 5.32. The number of alkyl halides is 4. The van der Waals surface area contributed by atoms with Crippen molar-refractivity contribution in [3.63, 3.8) is 0 Å². The van der Waals surface area contributed by atoms with Gasteiger partial charge in [-0.25, -0.2) is 26.3 Å². The molecule has 4 nitrogen and oxygen atoms in total. The molecule has 0 heterocycles. The Balaban J connectivity index is 1.06. The molecule has 0 atom stereocenters. The van der Waals surface area contributed by atoms with Gasteiger partial charge >= 0.3 is 12.2 Å². The number of rotatable bonds is 21. The van der Waals surface area contributed by atoms with Crippen molar-refractivity contribution in [1.82, 2.24) is 0 Å². The van der Waals surface area contributed by atoms with Gasteiger partial charge in [0, 0.05) is 24.3 Å². The summed E-state index contributed by atoms with van der Waals surface area (Å²) in [6.07, 6.45) is 0.934. The zero-order chi connectivity index (χ0) is 38.6. The summed E-state index contributed by atoms with van der Waals surface area (Å²) in [5, 5.41) is 0. The lowest BCUT2D eigenvalue weighted by Gasteiger charge is -2.19. The molecule has 0 fully saturated rings. The molecule has 0 saturated carbocycles. The number of halogens is 10. The zero-order valence-corrected chi connectivity index (χ0v) is 28.3. The largest absolute Gasteiger partial charge is 0.494 e. The van der Waals surface area contributed by atoms with Gasteiger partial charge in [0.25, 0.3) is 0 Å². The third-order valence-electron chi connectivity index (χ3n) is 8.10. The molecular weight excluding hydrogens is 722 g/mol. The van der Waals surface area contributed by atoms with Crippen LogP contribution in [-0.2, 0) is 12.2 Å². The van der Waals surface area contributed by atoms with Gasteiger partial charge in [-0.05, 0) is 80.1 Å². The van der Waals surface area contributed by atoms with E-state index >= 15 is 0 Å². The Morgan fingerprint density at radius 2 is 0.830 bits per heavy atom. The molecule has 4 aromatic rings. The Morgan fingerprint density at radius 1 is 0.491 bits per heavy atom. The second-order valence-electron chi connectivity index (χ2n) is 12.1. The lowest BCUT2D eigenvalue weighted by Crippen LogP contribution is -2.22. The predicted molar refractivity (Wildman–Crippen MR) is 176 cm³/mol. The maximum atomic E-state index is 14.5. The first kappa shape index (κ1) is 40.9. The fourth-order valence-corrected chi connectivity index (χ4v) is 5.22. The first-order valence-electron chi connectivity index (χ1n) is 16.7. The number of ether oxygens (including phenoxy) is 4. The van der Waals surface area contributed by atoms with E-state index in [1.165, 1.54) is 24.3 Å². The highest BCUT2D eigenvalue weighted by Crippen LogP contribution is 2.35. The van der Waals surface area contributed by atoms with Crippen LogP contribution in [0.15, 0.2) is 85.5 Å². The average molecular weight is 759 g/mol. The van der Waals surface area contributed by atoms with Crippen LogP contribution in [0.5, 0.6) is 23.0 Å². The van der Waals surface area contributed by atoms with Crippen molar-refractivity contribution in [2.24, 2.45) is 5.92 Å². The molecule has 0 aliphatic heterocycles. The molecule has 0 aromatic heterocycles. The first-order chi connectivity index (χ1) is 25.2. The number of hydrogen-bond donors (Lipinski definition) is 0. The van der Waals surface area contributed by atoms with E-state index in [4.69, 9.17) is 9.47 Å². The second kappa shape index (κ2) is 18.7. The highest BCUT2D eigenvalue weighted by Gasteiger charge is 2.36. The summed E-state index contributed by atoms with van der Waals surface area (Å²) >= 11 is 0. The summed E-state index contributed by atoms with van der Waals surface area (Å²) in [4.78, 5) is 0. The van der Waals surface area contributed by atoms with Crippen LogP contribution in [-0.4, -0.2) is 13.2 Å². The third-order valence-corrected chi connectivity index (χ3v) is 8.10. The van der Waals surface area contributed by atoms with Crippen LogP contribution in [0, 0.1) is 40.8 Å². The lowest BCUT2D eigenvalue weighted by atomic mass is 9.95. The number of allylic oxidation sites excluding steroid dienone is 1. The van der Waals surface area contributed by atoms with E-state index in [1.54, 1.807) is 0 Å². The van der Waals surface area contributed by atoms with Gasteiger partial charge in [-0.3, -0.25) is 0 Å². The van der Waals surface area contributed by atoms with Gasteiger partial charge in [0.05, 0.1) is 24.3 Å². The summed E-state index contributed by atoms with van der Waals surface area (Å²) in [5.74, 6) is -10.9. The van der Waals surface area contributed by atoms with E-state index < -0.39 is 69.7 Å². The molecular formula is C39H36F10O4. The maximum Gasteiger partial charge on any atom is 0.426 e. The van der Waals surface area contributed by atoms with Gasteiger partial charge in [-0.15, -0.1) is 6.58 Å². The van der Waals surface area contributed by atoms with Crippen LogP contribution in [0.1, 0.15) is 62.5 Å². The molecule has 0 unspecified atom stereocenters. The smallest absolute Gasteiger partial charge is 0.426 e. The SMILES string of the molecule is C=CC(CCCCCOc1ccc(C(F)(F)Oc2cc(F)c(F)c(F)c2)cc1)CCCCCOc1ccc(C(F)(F)Oc2cc(F)c(F)c(F)c2)cc1. The van der Waals surface area contributed by atoms with Crippen LogP contribution in [0.4, 0.5) is 43.9 Å². The number of unbranched alkanes of at least 4 members (excludes halogenated alkanes) is 4. The van der Waals surface area contributed by atoms with E-state index in [9.17, 15) is 43.9 Å². The normalized spacial score (nSPS) is 11.8. The molecule has 0 radical (unpaired) electrons. The van der Waals surface area contributed by atoms with Crippen LogP contribution in [0.2, 0.25) is 0 Å². The molecule has 53 heavy (non-hydrogen) atoms. The Morgan fingerprint density at radius 3 is 1.15 bits per heavy atom. The molecule has 0 aliphatic carbocycles. The Hall–Kier alpha value is -4.88. The van der Waals surface area contributed by atoms with Gasteiger partial charge in [-0.1, -0.05) is 31.8 Å². The molecule has 14 heteroatoms. The van der Waals surface area contributed by atoms with Gasteiger partial charge in [0.2, 0.25) is 0 Å². The van der Waals surface area contributed by atoms with Gasteiger partial charge in [0.15, 0.2) is 34.9 Å². The van der Waals surface area contributed by atoms with Crippen LogP contribution in [0.3, 0.4) is 0 Å². The molecule has 0 amide bonds. The second-order valence-corrected chi connectivity index (χ2v) is 12.1. The van der Waals surface area contributed by atoms with Crippen molar-refractivity contribution in [2.75, 3.05) is 13.2 Å². The number of benzene rings is 4. The van der Waals surface area contributed by atoms with Gasteiger partial charge in [-0.2, -0.15) is 17.6 Å². The van der Waals surface area contributed by atoms with Gasteiger partial charge < -0.3 is 18.9 Å². The summed E-state index contributed by atoms with van der Waals surface area (Å²) in [5.41, 5.74) is -1.18. The molecule has 0 bridgehead atoms. The van der Waals surface area contributed by atoms with Crippen molar-refractivity contribution in [3.05, 3.63) is 131 Å². The van der Waals surface area contributed by atoms with E-state index in [-0.39, 0.29) is 0 Å². The molecule has 0 aliphatic rings. The van der Waals surface area contributed by atoms with E-state index in [1.807, 2.05) is 6.08 Å². The monoisotopic (exact) mass is 758 g/mol. The molecule has 0 spiro atoms. The van der Waals surface area contributed by atoms with Crippen molar-refractivity contribution in [1.29, 1.82) is 0 Å². The fraction of sp³-hybridized carbons (Fsp3) is 0.333. The minimum Gasteiger partial charge on any atom is -0.494 e. The molecule has 4 rings (SSSR count). The lowest BCUT2D eigenvalue weighted by molar-refractivity contribution is -0.186. The quantitative estimate of drug-likeness (QED) is 0.0367. The summed E-state index contributed by atoms with van der Waals surface area (Å²) < 4.78 is 158. The van der Waals surface area contributed by atoms with Crippen LogP contribution >= 0.6 is 0 Å². The van der Waals surface area contributed by atoms with E-state index in [0.29, 0.717) is 54.9 Å².